The molecule has 0 aromatic heterocycles. The zero-order valence-electron chi connectivity index (χ0n) is 11.8. The van der Waals surface area contributed by atoms with Gasteiger partial charge in [-0.1, -0.05) is 23.3 Å². The molecule has 1 aromatic carbocycles. The van der Waals surface area contributed by atoms with Crippen molar-refractivity contribution in [3.63, 3.8) is 0 Å². The van der Waals surface area contributed by atoms with E-state index in [-0.39, 0.29) is 6.54 Å². The van der Waals surface area contributed by atoms with Gasteiger partial charge >= 0.3 is 5.97 Å². The van der Waals surface area contributed by atoms with Crippen molar-refractivity contribution < 1.29 is 14.3 Å². The third kappa shape index (κ3) is 3.40. The van der Waals surface area contributed by atoms with Crippen molar-refractivity contribution in [3.05, 3.63) is 40.3 Å². The number of nitrogens with zero attached hydrogens (tertiary/aromatic N) is 3. The summed E-state index contributed by atoms with van der Waals surface area (Å²) >= 11 is 0. The summed E-state index contributed by atoms with van der Waals surface area (Å²) in [5.74, 6) is 0.139. The first kappa shape index (κ1) is 15.8. The molecule has 0 heterocycles. The smallest absolute Gasteiger partial charge is 0.330 e. The summed E-state index contributed by atoms with van der Waals surface area (Å²) in [6.07, 6.45) is 0. The number of nitrogens with one attached hydrogen (secondary N) is 1. The van der Waals surface area contributed by atoms with Crippen molar-refractivity contribution in [2.45, 2.75) is 12.5 Å². The fraction of sp³-hybridized carbons (Fsp3) is 0.462. The van der Waals surface area contributed by atoms with Gasteiger partial charge in [0.05, 0.1) is 14.2 Å². The summed E-state index contributed by atoms with van der Waals surface area (Å²) in [5, 5.41) is 6.48. The van der Waals surface area contributed by atoms with Crippen LogP contribution in [-0.2, 0) is 15.1 Å². The lowest BCUT2D eigenvalue weighted by Crippen LogP contribution is -2.48. The van der Waals surface area contributed by atoms with Gasteiger partial charge in [0.15, 0.2) is 0 Å². The molecule has 20 heavy (non-hydrogen) atoms. The monoisotopic (exact) mass is 278 g/mol. The lowest BCUT2D eigenvalue weighted by atomic mass is 9.91. The second-order valence-electron chi connectivity index (χ2n) is 4.20. The van der Waals surface area contributed by atoms with Crippen LogP contribution >= 0.6 is 0 Å². The van der Waals surface area contributed by atoms with Gasteiger partial charge < -0.3 is 9.47 Å². The SMILES string of the molecule is COC(=O)C(C)(NCCN=[N+]=[N-])c1ccccc1OC. The fourth-order valence-corrected chi connectivity index (χ4v) is 1.94. The molecular formula is C13H18N4O3. The Morgan fingerprint density at radius 2 is 2.15 bits per heavy atom. The fourth-order valence-electron chi connectivity index (χ4n) is 1.94. The first-order chi connectivity index (χ1) is 9.60. The minimum absolute atomic E-state index is 0.234. The van der Waals surface area contributed by atoms with Gasteiger partial charge in [-0.15, -0.1) is 0 Å². The summed E-state index contributed by atoms with van der Waals surface area (Å²) in [6.45, 7) is 2.28. The predicted octanol–water partition coefficient (Wildman–Crippen LogP) is 1.98. The van der Waals surface area contributed by atoms with Gasteiger partial charge in [-0.25, -0.2) is 4.79 Å². The largest absolute Gasteiger partial charge is 0.496 e. The molecule has 7 nitrogen and oxygen atoms in total. The van der Waals surface area contributed by atoms with E-state index in [0.717, 1.165) is 0 Å². The molecule has 0 fully saturated rings. The van der Waals surface area contributed by atoms with Crippen molar-refractivity contribution in [2.75, 3.05) is 27.3 Å². The number of carbonyl (C=O) groups excluding carboxylic acids is 1. The number of carbonyl (C=O) groups is 1. The van der Waals surface area contributed by atoms with E-state index in [2.05, 4.69) is 15.3 Å². The van der Waals surface area contributed by atoms with E-state index < -0.39 is 11.5 Å². The van der Waals surface area contributed by atoms with E-state index in [1.54, 1.807) is 19.1 Å². The molecule has 1 unspecified atom stereocenters. The average molecular weight is 278 g/mol. The van der Waals surface area contributed by atoms with Crippen LogP contribution in [0.3, 0.4) is 0 Å². The highest BCUT2D eigenvalue weighted by Gasteiger charge is 2.38. The van der Waals surface area contributed by atoms with Crippen LogP contribution in [0.1, 0.15) is 12.5 Å². The Labute approximate surface area is 117 Å². The Kier molecular flexibility index (Phi) is 5.83. The van der Waals surface area contributed by atoms with Crippen LogP contribution < -0.4 is 10.1 Å². The van der Waals surface area contributed by atoms with Gasteiger partial charge in [0.1, 0.15) is 11.3 Å². The van der Waals surface area contributed by atoms with Gasteiger partial charge in [0, 0.05) is 23.6 Å². The maximum Gasteiger partial charge on any atom is 0.330 e. The van der Waals surface area contributed by atoms with Crippen LogP contribution in [-0.4, -0.2) is 33.3 Å². The topological polar surface area (TPSA) is 96.3 Å². The summed E-state index contributed by atoms with van der Waals surface area (Å²) in [7, 11) is 2.86. The highest BCUT2D eigenvalue weighted by atomic mass is 16.5. The van der Waals surface area contributed by atoms with Gasteiger partial charge in [-0.05, 0) is 18.5 Å². The van der Waals surface area contributed by atoms with Crippen molar-refractivity contribution in [1.29, 1.82) is 0 Å². The lowest BCUT2D eigenvalue weighted by Gasteiger charge is -2.29. The third-order valence-electron chi connectivity index (χ3n) is 2.99. The normalized spacial score (nSPS) is 12.9. The summed E-state index contributed by atoms with van der Waals surface area (Å²) in [6, 6.07) is 7.19. The maximum absolute atomic E-state index is 12.1. The van der Waals surface area contributed by atoms with E-state index in [1.807, 2.05) is 12.1 Å². The van der Waals surface area contributed by atoms with E-state index in [4.69, 9.17) is 15.0 Å². The highest BCUT2D eigenvalue weighted by molar-refractivity contribution is 5.83. The molecular weight excluding hydrogens is 260 g/mol. The number of hydrogen-bond donors (Lipinski definition) is 1. The van der Waals surface area contributed by atoms with Crippen molar-refractivity contribution in [2.24, 2.45) is 5.11 Å². The first-order valence-electron chi connectivity index (χ1n) is 6.08. The molecule has 0 radical (unpaired) electrons. The Balaban J connectivity index is 3.09. The Morgan fingerprint density at radius 1 is 1.45 bits per heavy atom. The van der Waals surface area contributed by atoms with E-state index >= 15 is 0 Å². The summed E-state index contributed by atoms with van der Waals surface area (Å²) in [5.41, 5.74) is 7.85. The highest BCUT2D eigenvalue weighted by Crippen LogP contribution is 2.30. The molecule has 108 valence electrons. The van der Waals surface area contributed by atoms with Crippen LogP contribution in [0.15, 0.2) is 29.4 Å². The molecule has 0 bridgehead atoms. The van der Waals surface area contributed by atoms with E-state index in [1.165, 1.54) is 14.2 Å². The molecule has 1 N–H and O–H groups in total. The zero-order chi connectivity index (χ0) is 15.0. The third-order valence-corrected chi connectivity index (χ3v) is 2.99. The molecule has 1 atom stereocenters. The molecule has 0 saturated carbocycles. The summed E-state index contributed by atoms with van der Waals surface area (Å²) in [4.78, 5) is 14.8. The number of azide groups is 1. The second kappa shape index (κ2) is 7.37. The minimum atomic E-state index is -1.08. The van der Waals surface area contributed by atoms with Crippen molar-refractivity contribution in [3.8, 4) is 5.75 Å². The molecule has 1 aromatic rings. The maximum atomic E-state index is 12.1. The second-order valence-corrected chi connectivity index (χ2v) is 4.20. The molecule has 0 aliphatic rings. The first-order valence-corrected chi connectivity index (χ1v) is 6.08. The van der Waals surface area contributed by atoms with E-state index in [9.17, 15) is 4.79 Å². The number of benzene rings is 1. The van der Waals surface area contributed by atoms with E-state index in [0.29, 0.717) is 17.9 Å². The Bertz CT molecular complexity index is 514. The Morgan fingerprint density at radius 3 is 2.75 bits per heavy atom. The predicted molar refractivity (Wildman–Crippen MR) is 74.4 cm³/mol. The lowest BCUT2D eigenvalue weighted by molar-refractivity contribution is -0.148. The van der Waals surface area contributed by atoms with Gasteiger partial charge in [-0.2, -0.15) is 0 Å². The number of rotatable bonds is 7. The van der Waals surface area contributed by atoms with Crippen molar-refractivity contribution in [1.82, 2.24) is 5.32 Å². The summed E-state index contributed by atoms with van der Waals surface area (Å²) < 4.78 is 10.1. The standard InChI is InChI=1S/C13H18N4O3/c1-13(12(18)20-3,15-8-9-16-17-14)10-6-4-5-7-11(10)19-2/h4-7,15H,8-9H2,1-3H3. The number of esters is 1. The number of methoxy groups -OCH3 is 2. The van der Waals surface area contributed by atoms with Crippen LogP contribution in [0.25, 0.3) is 10.4 Å². The average Bonchev–Trinajstić information content (AvgIpc) is 2.50. The number of ether oxygens (including phenoxy) is 2. The van der Waals surface area contributed by atoms with Crippen LogP contribution in [0.2, 0.25) is 0 Å². The molecule has 7 heteroatoms. The van der Waals surface area contributed by atoms with Crippen LogP contribution in [0.5, 0.6) is 5.75 Å². The molecule has 0 aliphatic carbocycles. The van der Waals surface area contributed by atoms with Crippen LogP contribution in [0, 0.1) is 0 Å². The molecule has 0 spiro atoms. The van der Waals surface area contributed by atoms with Crippen molar-refractivity contribution >= 4 is 5.97 Å². The van der Waals surface area contributed by atoms with Crippen LogP contribution in [0.4, 0.5) is 0 Å². The number of hydrogen-bond acceptors (Lipinski definition) is 5. The quantitative estimate of drug-likeness (QED) is 0.271. The zero-order valence-corrected chi connectivity index (χ0v) is 11.8. The number of para-hydroxylation sites is 1. The van der Waals surface area contributed by atoms with Gasteiger partial charge in [0.2, 0.25) is 0 Å². The minimum Gasteiger partial charge on any atom is -0.496 e. The van der Waals surface area contributed by atoms with Gasteiger partial charge in [0.25, 0.3) is 0 Å². The molecule has 0 amide bonds. The molecule has 1 rings (SSSR count). The van der Waals surface area contributed by atoms with Gasteiger partial charge in [-0.3, -0.25) is 5.32 Å². The Hall–Kier alpha value is -2.24. The molecule has 0 saturated heterocycles. The molecule has 0 aliphatic heterocycles.